The van der Waals surface area contributed by atoms with E-state index in [4.69, 9.17) is 18.9 Å². The lowest BCUT2D eigenvalue weighted by Gasteiger charge is -2.46. The normalized spacial score (nSPS) is 25.0. The molecule has 2 heterocycles. The Morgan fingerprint density at radius 3 is 1.39 bits per heavy atom. The fourth-order valence-electron chi connectivity index (χ4n) is 9.80. The van der Waals surface area contributed by atoms with Gasteiger partial charge < -0.3 is 65.1 Å². The molecular formula is C65H113NO13. The highest BCUT2D eigenvalue weighted by molar-refractivity contribution is 5.76. The van der Waals surface area contributed by atoms with Crippen LogP contribution in [0.2, 0.25) is 0 Å². The quantitative estimate of drug-likeness (QED) is 0.0204. The summed E-state index contributed by atoms with van der Waals surface area (Å²) in [4.78, 5) is 13.3. The molecule has 456 valence electrons. The number of rotatable bonds is 49. The first-order valence-electron chi connectivity index (χ1n) is 31.3. The number of aliphatic hydroxyl groups is 8. The zero-order chi connectivity index (χ0) is 57.4. The Hall–Kier alpha value is -2.83. The molecule has 14 nitrogen and oxygen atoms in total. The smallest absolute Gasteiger partial charge is 0.220 e. The summed E-state index contributed by atoms with van der Waals surface area (Å²) in [5, 5.41) is 87.1. The van der Waals surface area contributed by atoms with Crippen molar-refractivity contribution in [2.24, 2.45) is 0 Å². The molecule has 79 heavy (non-hydrogen) atoms. The molecule has 12 unspecified atom stereocenters. The average Bonchev–Trinajstić information content (AvgIpc) is 3.47. The second kappa shape index (κ2) is 49.8. The van der Waals surface area contributed by atoms with Gasteiger partial charge in [0.1, 0.15) is 48.8 Å². The molecule has 12 atom stereocenters. The largest absolute Gasteiger partial charge is 0.394 e. The number of hydrogen-bond donors (Lipinski definition) is 9. The van der Waals surface area contributed by atoms with E-state index in [2.05, 4.69) is 92.1 Å². The topological polar surface area (TPSA) is 228 Å². The van der Waals surface area contributed by atoms with Crippen LogP contribution >= 0.6 is 0 Å². The number of hydrogen-bond acceptors (Lipinski definition) is 13. The van der Waals surface area contributed by atoms with Gasteiger partial charge in [-0.3, -0.25) is 4.79 Å². The number of amides is 1. The number of ether oxygens (including phenoxy) is 4. The van der Waals surface area contributed by atoms with Gasteiger partial charge in [0.2, 0.25) is 5.91 Å². The zero-order valence-corrected chi connectivity index (χ0v) is 49.1. The first-order valence-corrected chi connectivity index (χ1v) is 31.3. The Bertz CT molecular complexity index is 1650. The summed E-state index contributed by atoms with van der Waals surface area (Å²) in [7, 11) is 0. The van der Waals surface area contributed by atoms with E-state index in [-0.39, 0.29) is 18.9 Å². The molecule has 2 aliphatic rings. The predicted octanol–water partition coefficient (Wildman–Crippen LogP) is 11.3. The molecule has 0 aromatic carbocycles. The fraction of sp³-hybridized carbons (Fsp3) is 0.769. The minimum atomic E-state index is -1.80. The van der Waals surface area contributed by atoms with Gasteiger partial charge in [-0.05, 0) is 77.0 Å². The lowest BCUT2D eigenvalue weighted by molar-refractivity contribution is -0.359. The van der Waals surface area contributed by atoms with E-state index in [1.54, 1.807) is 6.08 Å². The molecule has 9 N–H and O–H groups in total. The van der Waals surface area contributed by atoms with Crippen molar-refractivity contribution in [1.82, 2.24) is 5.32 Å². The summed E-state index contributed by atoms with van der Waals surface area (Å²) < 4.78 is 22.8. The van der Waals surface area contributed by atoms with Crippen LogP contribution in [0, 0.1) is 0 Å². The molecule has 1 amide bonds. The van der Waals surface area contributed by atoms with Crippen LogP contribution in [0.4, 0.5) is 0 Å². The standard InChI is InChI=1S/C65H113NO13/c1-3-5-7-9-11-13-15-17-19-21-23-24-25-26-27-28-29-31-32-34-36-38-40-42-44-46-48-54(69)53(66-57(70)49-47-45-43-41-39-37-35-33-30-22-20-18-16-14-12-10-8-6-4-2)52-76-64-62(75)60(73)63(56(51-68)78-64)79-65-61(74)59(72)58(71)55(50-67)77-65/h6,8,12,14,18,20,30,33,37-40,46,48,53-56,58-65,67-69,71-75H,3-5,7,9-11,13,15-17,19,21-29,31-32,34-36,41-45,47,49-52H2,1-2H3,(H,66,70)/b8-6-,14-12-,20-18-,33-30-,39-37-,40-38+,48-46+. The molecule has 14 heteroatoms. The van der Waals surface area contributed by atoms with Crippen molar-refractivity contribution >= 4 is 5.91 Å². The Kier molecular flexibility index (Phi) is 45.5. The van der Waals surface area contributed by atoms with Crippen LogP contribution in [0.1, 0.15) is 226 Å². The second-order valence-corrected chi connectivity index (χ2v) is 21.8. The Morgan fingerprint density at radius 1 is 0.468 bits per heavy atom. The second-order valence-electron chi connectivity index (χ2n) is 21.8. The van der Waals surface area contributed by atoms with E-state index in [1.807, 2.05) is 6.08 Å². The van der Waals surface area contributed by atoms with E-state index in [0.29, 0.717) is 12.8 Å². The Labute approximate surface area is 478 Å². The third-order valence-electron chi connectivity index (χ3n) is 14.8. The number of allylic oxidation sites excluding steroid dienone is 13. The number of carbonyl (C=O) groups is 1. The van der Waals surface area contributed by atoms with Gasteiger partial charge in [-0.25, -0.2) is 0 Å². The van der Waals surface area contributed by atoms with E-state index in [1.165, 1.54) is 128 Å². The third-order valence-corrected chi connectivity index (χ3v) is 14.8. The fourth-order valence-corrected chi connectivity index (χ4v) is 9.80. The molecule has 2 saturated heterocycles. The maximum Gasteiger partial charge on any atom is 0.220 e. The van der Waals surface area contributed by atoms with Gasteiger partial charge >= 0.3 is 0 Å². The molecule has 2 aliphatic heterocycles. The molecule has 0 aliphatic carbocycles. The van der Waals surface area contributed by atoms with E-state index < -0.39 is 86.8 Å². The number of nitrogens with one attached hydrogen (secondary N) is 1. The van der Waals surface area contributed by atoms with Crippen molar-refractivity contribution < 1.29 is 64.6 Å². The van der Waals surface area contributed by atoms with Crippen molar-refractivity contribution in [3.63, 3.8) is 0 Å². The maximum atomic E-state index is 13.3. The first-order chi connectivity index (χ1) is 38.6. The zero-order valence-electron chi connectivity index (χ0n) is 49.1. The lowest BCUT2D eigenvalue weighted by Crippen LogP contribution is -2.65. The highest BCUT2D eigenvalue weighted by Crippen LogP contribution is 2.30. The number of unbranched alkanes of at least 4 members (excludes halogenated alkanes) is 24. The van der Waals surface area contributed by atoms with Crippen molar-refractivity contribution in [2.75, 3.05) is 19.8 Å². The minimum absolute atomic E-state index is 0.230. The van der Waals surface area contributed by atoms with E-state index in [9.17, 15) is 45.6 Å². The number of aliphatic hydroxyl groups excluding tert-OH is 8. The molecule has 0 bridgehead atoms. The minimum Gasteiger partial charge on any atom is -0.394 e. The van der Waals surface area contributed by atoms with Gasteiger partial charge in [0.25, 0.3) is 0 Å². The predicted molar refractivity (Wildman–Crippen MR) is 318 cm³/mol. The van der Waals surface area contributed by atoms with E-state index in [0.717, 1.165) is 64.2 Å². The molecule has 0 spiro atoms. The Morgan fingerprint density at radius 2 is 0.886 bits per heavy atom. The van der Waals surface area contributed by atoms with Crippen molar-refractivity contribution in [2.45, 2.75) is 299 Å². The van der Waals surface area contributed by atoms with Gasteiger partial charge in [-0.2, -0.15) is 0 Å². The van der Waals surface area contributed by atoms with Gasteiger partial charge in [0.15, 0.2) is 12.6 Å². The molecule has 0 aromatic rings. The molecule has 0 saturated carbocycles. The van der Waals surface area contributed by atoms with Crippen molar-refractivity contribution in [1.29, 1.82) is 0 Å². The van der Waals surface area contributed by atoms with Crippen LogP contribution in [-0.4, -0.2) is 140 Å². The molecule has 2 rings (SSSR count). The van der Waals surface area contributed by atoms with Gasteiger partial charge in [0.05, 0.1) is 32.0 Å². The van der Waals surface area contributed by atoms with Crippen LogP contribution < -0.4 is 5.32 Å². The third kappa shape index (κ3) is 35.0. The summed E-state index contributed by atoms with van der Waals surface area (Å²) in [6.45, 7) is 2.65. The van der Waals surface area contributed by atoms with Gasteiger partial charge in [-0.15, -0.1) is 0 Å². The maximum absolute atomic E-state index is 13.3. The highest BCUT2D eigenvalue weighted by Gasteiger charge is 2.51. The summed E-state index contributed by atoms with van der Waals surface area (Å²) in [5.74, 6) is -0.282. The van der Waals surface area contributed by atoms with Gasteiger partial charge in [-0.1, -0.05) is 227 Å². The monoisotopic (exact) mass is 1120 g/mol. The first kappa shape index (κ1) is 72.3. The molecule has 2 fully saturated rings. The van der Waals surface area contributed by atoms with Gasteiger partial charge in [0, 0.05) is 6.42 Å². The van der Waals surface area contributed by atoms with Crippen LogP contribution in [0.25, 0.3) is 0 Å². The summed E-state index contributed by atoms with van der Waals surface area (Å²) in [6.07, 6.45) is 50.6. The molecule has 0 radical (unpaired) electrons. The SMILES string of the molecule is CC/C=C\C/C=C\C/C=C\C/C=C\C/C=C\CCCCCC(=O)NC(COC1OC(CO)C(OC2OC(CO)C(O)C(O)C2O)C(O)C1O)C(O)/C=C/CC/C=C/CCCCCCCCCCCCCCCCCCCCCC. The summed E-state index contributed by atoms with van der Waals surface area (Å²) in [6, 6.07) is -0.955. The summed E-state index contributed by atoms with van der Waals surface area (Å²) in [5.41, 5.74) is 0. The summed E-state index contributed by atoms with van der Waals surface area (Å²) >= 11 is 0. The van der Waals surface area contributed by atoms with Crippen LogP contribution in [-0.2, 0) is 23.7 Å². The number of carbonyl (C=O) groups excluding carboxylic acids is 1. The molecular weight excluding hydrogens is 1000 g/mol. The lowest BCUT2D eigenvalue weighted by atomic mass is 9.97. The molecule has 0 aromatic heterocycles. The average molecular weight is 1120 g/mol. The Balaban J connectivity index is 1.77. The van der Waals surface area contributed by atoms with Crippen LogP contribution in [0.15, 0.2) is 85.1 Å². The highest BCUT2D eigenvalue weighted by atomic mass is 16.7. The van der Waals surface area contributed by atoms with Crippen LogP contribution in [0.5, 0.6) is 0 Å². The van der Waals surface area contributed by atoms with Crippen LogP contribution in [0.3, 0.4) is 0 Å². The van der Waals surface area contributed by atoms with Crippen molar-refractivity contribution in [3.8, 4) is 0 Å². The van der Waals surface area contributed by atoms with E-state index >= 15 is 0 Å². The van der Waals surface area contributed by atoms with Crippen molar-refractivity contribution in [3.05, 3.63) is 85.1 Å².